The zero-order chi connectivity index (χ0) is 13.1. The lowest BCUT2D eigenvalue weighted by Gasteiger charge is -2.04. The molecule has 0 spiro atoms. The first-order valence-electron chi connectivity index (χ1n) is 5.49. The Balaban J connectivity index is 2.28. The van der Waals surface area contributed by atoms with Crippen LogP contribution in [0.4, 0.5) is 0 Å². The highest BCUT2D eigenvalue weighted by Gasteiger charge is 2.06. The molecule has 0 bridgehead atoms. The van der Waals surface area contributed by atoms with Gasteiger partial charge in [-0.05, 0) is 43.8 Å². The van der Waals surface area contributed by atoms with Crippen molar-refractivity contribution in [2.75, 3.05) is 0 Å². The number of aryl methyl sites for hydroxylation is 2. The Bertz CT molecular complexity index is 578. The van der Waals surface area contributed by atoms with Gasteiger partial charge in [0.15, 0.2) is 5.16 Å². The molecule has 5 heteroatoms. The van der Waals surface area contributed by atoms with Crippen molar-refractivity contribution in [1.29, 1.82) is 5.41 Å². The standard InChI is InChI=1S/C13H14N4S/c1-8-3-5-10(6-4-8)18-13-16-9(2)7-11(17-13)12(14)15/h3-7H,1-2H3,(H3,14,15). The molecule has 0 aliphatic carbocycles. The van der Waals surface area contributed by atoms with Crippen molar-refractivity contribution in [1.82, 2.24) is 9.97 Å². The molecule has 0 aliphatic rings. The fourth-order valence-corrected chi connectivity index (χ4v) is 2.25. The van der Waals surface area contributed by atoms with Crippen molar-refractivity contribution in [2.24, 2.45) is 5.73 Å². The predicted molar refractivity (Wildman–Crippen MR) is 73.1 cm³/mol. The van der Waals surface area contributed by atoms with Gasteiger partial charge in [0.25, 0.3) is 0 Å². The second-order valence-corrected chi connectivity index (χ2v) is 5.05. The molecule has 1 aromatic carbocycles. The minimum absolute atomic E-state index is 0.0359. The quantitative estimate of drug-likeness (QED) is 0.504. The molecule has 0 fully saturated rings. The van der Waals surface area contributed by atoms with Crippen molar-refractivity contribution < 1.29 is 0 Å². The van der Waals surface area contributed by atoms with Crippen LogP contribution >= 0.6 is 11.8 Å². The van der Waals surface area contributed by atoms with E-state index in [2.05, 4.69) is 9.97 Å². The van der Waals surface area contributed by atoms with Crippen LogP contribution in [0.1, 0.15) is 17.0 Å². The highest BCUT2D eigenvalue weighted by Crippen LogP contribution is 2.25. The fraction of sp³-hybridized carbons (Fsp3) is 0.154. The third-order valence-electron chi connectivity index (χ3n) is 2.34. The number of rotatable bonds is 3. The smallest absolute Gasteiger partial charge is 0.193 e. The first kappa shape index (κ1) is 12.6. The minimum Gasteiger partial charge on any atom is -0.382 e. The number of nitrogen functional groups attached to an aromatic ring is 1. The summed E-state index contributed by atoms with van der Waals surface area (Å²) in [7, 11) is 0. The summed E-state index contributed by atoms with van der Waals surface area (Å²) in [5, 5.41) is 8.03. The number of benzene rings is 1. The number of nitrogens with two attached hydrogens (primary N) is 1. The van der Waals surface area contributed by atoms with Crippen LogP contribution in [-0.2, 0) is 0 Å². The molecule has 0 saturated heterocycles. The number of hydrogen-bond donors (Lipinski definition) is 2. The van der Waals surface area contributed by atoms with E-state index in [-0.39, 0.29) is 5.84 Å². The van der Waals surface area contributed by atoms with Crippen LogP contribution in [0.3, 0.4) is 0 Å². The third-order valence-corrected chi connectivity index (χ3v) is 3.21. The number of amidine groups is 1. The van der Waals surface area contributed by atoms with E-state index in [4.69, 9.17) is 11.1 Å². The molecular formula is C13H14N4S. The van der Waals surface area contributed by atoms with Crippen LogP contribution in [0.15, 0.2) is 40.4 Å². The number of hydrogen-bond acceptors (Lipinski definition) is 4. The van der Waals surface area contributed by atoms with Crippen molar-refractivity contribution in [2.45, 2.75) is 23.9 Å². The van der Waals surface area contributed by atoms with Crippen molar-refractivity contribution in [3.63, 3.8) is 0 Å². The Hall–Kier alpha value is -1.88. The van der Waals surface area contributed by atoms with Gasteiger partial charge in [0.05, 0.1) is 0 Å². The molecule has 0 atom stereocenters. The summed E-state index contributed by atoms with van der Waals surface area (Å²) in [6.07, 6.45) is 0. The van der Waals surface area contributed by atoms with Gasteiger partial charge in [-0.1, -0.05) is 17.7 Å². The third kappa shape index (κ3) is 3.07. The van der Waals surface area contributed by atoms with E-state index in [0.717, 1.165) is 10.6 Å². The molecule has 0 saturated carbocycles. The van der Waals surface area contributed by atoms with Gasteiger partial charge in [0.2, 0.25) is 0 Å². The molecule has 1 heterocycles. The van der Waals surface area contributed by atoms with Gasteiger partial charge in [-0.25, -0.2) is 9.97 Å². The molecule has 92 valence electrons. The Morgan fingerprint density at radius 3 is 2.44 bits per heavy atom. The van der Waals surface area contributed by atoms with Crippen LogP contribution in [0.25, 0.3) is 0 Å². The zero-order valence-corrected chi connectivity index (χ0v) is 11.1. The van der Waals surface area contributed by atoms with Gasteiger partial charge in [-0.15, -0.1) is 0 Å². The summed E-state index contributed by atoms with van der Waals surface area (Å²) in [6, 6.07) is 9.85. The Labute approximate surface area is 110 Å². The summed E-state index contributed by atoms with van der Waals surface area (Å²) < 4.78 is 0. The van der Waals surface area contributed by atoms with E-state index in [9.17, 15) is 0 Å². The lowest BCUT2D eigenvalue weighted by atomic mass is 10.2. The molecule has 2 aromatic rings. The normalized spacial score (nSPS) is 10.3. The maximum absolute atomic E-state index is 7.41. The predicted octanol–water partition coefficient (Wildman–Crippen LogP) is 2.53. The molecule has 4 nitrogen and oxygen atoms in total. The van der Waals surface area contributed by atoms with Gasteiger partial charge < -0.3 is 5.73 Å². The largest absolute Gasteiger partial charge is 0.382 e. The summed E-state index contributed by atoms with van der Waals surface area (Å²) in [5.74, 6) is -0.0359. The topological polar surface area (TPSA) is 75.7 Å². The van der Waals surface area contributed by atoms with Crippen LogP contribution in [0.5, 0.6) is 0 Å². The van der Waals surface area contributed by atoms with Crippen LogP contribution in [0.2, 0.25) is 0 Å². The van der Waals surface area contributed by atoms with E-state index in [1.165, 1.54) is 17.3 Å². The summed E-state index contributed by atoms with van der Waals surface area (Å²) in [6.45, 7) is 3.92. The van der Waals surface area contributed by atoms with Crippen LogP contribution in [-0.4, -0.2) is 15.8 Å². The average Bonchev–Trinajstić information content (AvgIpc) is 2.31. The van der Waals surface area contributed by atoms with Gasteiger partial charge in [0, 0.05) is 10.6 Å². The van der Waals surface area contributed by atoms with Gasteiger partial charge >= 0.3 is 0 Å². The maximum atomic E-state index is 7.41. The van der Waals surface area contributed by atoms with Crippen molar-refractivity contribution in [3.8, 4) is 0 Å². The fourth-order valence-electron chi connectivity index (χ4n) is 1.44. The van der Waals surface area contributed by atoms with Crippen molar-refractivity contribution >= 4 is 17.6 Å². The Morgan fingerprint density at radius 2 is 1.83 bits per heavy atom. The molecule has 2 rings (SSSR count). The first-order chi connectivity index (χ1) is 8.54. The Kier molecular flexibility index (Phi) is 3.62. The molecule has 0 amide bonds. The SMILES string of the molecule is Cc1ccc(Sc2nc(C)cc(C(=N)N)n2)cc1. The van der Waals surface area contributed by atoms with Gasteiger partial charge in [-0.3, -0.25) is 5.41 Å². The average molecular weight is 258 g/mol. The molecule has 3 N–H and O–H groups in total. The zero-order valence-electron chi connectivity index (χ0n) is 10.3. The highest BCUT2D eigenvalue weighted by atomic mass is 32.2. The number of nitrogens with zero attached hydrogens (tertiary/aromatic N) is 2. The summed E-state index contributed by atoms with van der Waals surface area (Å²) in [4.78, 5) is 9.66. The highest BCUT2D eigenvalue weighted by molar-refractivity contribution is 7.99. The minimum atomic E-state index is -0.0359. The second kappa shape index (κ2) is 5.18. The monoisotopic (exact) mass is 258 g/mol. The van der Waals surface area contributed by atoms with Crippen molar-refractivity contribution in [3.05, 3.63) is 47.3 Å². The van der Waals surface area contributed by atoms with E-state index in [1.807, 2.05) is 38.1 Å². The molecule has 0 unspecified atom stereocenters. The van der Waals surface area contributed by atoms with Crippen LogP contribution in [0, 0.1) is 19.3 Å². The van der Waals surface area contributed by atoms with Crippen LogP contribution < -0.4 is 5.73 Å². The lowest BCUT2D eigenvalue weighted by Crippen LogP contribution is -2.14. The first-order valence-corrected chi connectivity index (χ1v) is 6.31. The molecule has 0 aliphatic heterocycles. The Morgan fingerprint density at radius 1 is 1.17 bits per heavy atom. The molecular weight excluding hydrogens is 244 g/mol. The lowest BCUT2D eigenvalue weighted by molar-refractivity contribution is 0.921. The molecule has 0 radical (unpaired) electrons. The maximum Gasteiger partial charge on any atom is 0.193 e. The van der Waals surface area contributed by atoms with Gasteiger partial charge in [-0.2, -0.15) is 0 Å². The number of nitrogens with one attached hydrogen (secondary N) is 1. The van der Waals surface area contributed by atoms with E-state index < -0.39 is 0 Å². The summed E-state index contributed by atoms with van der Waals surface area (Å²) >= 11 is 1.47. The molecule has 1 aromatic heterocycles. The summed E-state index contributed by atoms with van der Waals surface area (Å²) in [5.41, 5.74) is 7.94. The second-order valence-electron chi connectivity index (χ2n) is 4.01. The van der Waals surface area contributed by atoms with E-state index >= 15 is 0 Å². The van der Waals surface area contributed by atoms with E-state index in [1.54, 1.807) is 6.07 Å². The van der Waals surface area contributed by atoms with Gasteiger partial charge in [0.1, 0.15) is 11.5 Å². The molecule has 18 heavy (non-hydrogen) atoms. The van der Waals surface area contributed by atoms with E-state index in [0.29, 0.717) is 10.9 Å². The number of aromatic nitrogens is 2.